The topological polar surface area (TPSA) is 87.7 Å². The molecule has 0 spiro atoms. The molecule has 0 aliphatic heterocycles. The number of amides is 3. The van der Waals surface area contributed by atoms with Crippen LogP contribution in [-0.4, -0.2) is 47.0 Å². The molecule has 3 amide bonds. The molecule has 0 saturated heterocycles. The quantitative estimate of drug-likeness (QED) is 0.371. The fourth-order valence-corrected chi connectivity index (χ4v) is 5.34. The van der Waals surface area contributed by atoms with Crippen molar-refractivity contribution in [3.05, 3.63) is 70.8 Å². The number of ether oxygens (including phenoxy) is 1. The zero-order valence-electron chi connectivity index (χ0n) is 25.1. The van der Waals surface area contributed by atoms with E-state index >= 15 is 0 Å². The second-order valence-corrected chi connectivity index (χ2v) is 12.0. The molecule has 7 nitrogen and oxygen atoms in total. The van der Waals surface area contributed by atoms with Gasteiger partial charge in [-0.3, -0.25) is 9.59 Å². The lowest BCUT2D eigenvalue weighted by Crippen LogP contribution is -2.54. The van der Waals surface area contributed by atoms with Crippen LogP contribution in [0.3, 0.4) is 0 Å². The second-order valence-electron chi connectivity index (χ2n) is 12.0. The molecule has 0 aromatic heterocycles. The number of alkyl carbamates (subject to hydrolysis) is 1. The minimum Gasteiger partial charge on any atom is -0.444 e. The number of carbonyl (C=O) groups excluding carboxylic acids is 3. The Kier molecular flexibility index (Phi) is 11.2. The summed E-state index contributed by atoms with van der Waals surface area (Å²) in [5.74, 6) is -0.473. The molecular formula is C33H47N3O4. The van der Waals surface area contributed by atoms with Gasteiger partial charge in [0.15, 0.2) is 0 Å². The monoisotopic (exact) mass is 549 g/mol. The number of hydrogen-bond donors (Lipinski definition) is 2. The maximum Gasteiger partial charge on any atom is 0.408 e. The van der Waals surface area contributed by atoms with Gasteiger partial charge >= 0.3 is 6.09 Å². The van der Waals surface area contributed by atoms with Crippen LogP contribution in [0.4, 0.5) is 4.79 Å². The summed E-state index contributed by atoms with van der Waals surface area (Å²) in [4.78, 5) is 43.0. The van der Waals surface area contributed by atoms with E-state index in [9.17, 15) is 14.4 Å². The number of carbonyl (C=O) groups is 3. The van der Waals surface area contributed by atoms with E-state index in [4.69, 9.17) is 4.74 Å². The van der Waals surface area contributed by atoms with Crippen molar-refractivity contribution < 1.29 is 19.1 Å². The molecule has 2 N–H and O–H groups in total. The van der Waals surface area contributed by atoms with Crippen molar-refractivity contribution in [2.45, 2.75) is 110 Å². The Morgan fingerprint density at radius 2 is 1.68 bits per heavy atom. The Bertz CT molecular complexity index is 1140. The molecule has 0 heterocycles. The highest BCUT2D eigenvalue weighted by Gasteiger charge is 2.37. The first kappa shape index (κ1) is 31.2. The molecule has 2 unspecified atom stereocenters. The molecule has 2 aromatic rings. The summed E-state index contributed by atoms with van der Waals surface area (Å²) in [6.45, 7) is 11.7. The predicted molar refractivity (Wildman–Crippen MR) is 159 cm³/mol. The van der Waals surface area contributed by atoms with E-state index in [1.54, 1.807) is 25.7 Å². The van der Waals surface area contributed by atoms with E-state index in [2.05, 4.69) is 10.6 Å². The molecule has 2 aromatic carbocycles. The molecule has 0 bridgehead atoms. The van der Waals surface area contributed by atoms with Gasteiger partial charge in [0.1, 0.15) is 17.7 Å². The third kappa shape index (κ3) is 9.10. The van der Waals surface area contributed by atoms with Gasteiger partial charge in [-0.2, -0.15) is 0 Å². The summed E-state index contributed by atoms with van der Waals surface area (Å²) in [6.07, 6.45) is 5.55. The predicted octanol–water partition coefficient (Wildman–Crippen LogP) is 6.17. The molecule has 3 rings (SSSR count). The van der Waals surface area contributed by atoms with Crippen LogP contribution in [-0.2, 0) is 20.7 Å². The number of rotatable bonds is 10. The lowest BCUT2D eigenvalue weighted by atomic mass is 9.93. The smallest absolute Gasteiger partial charge is 0.408 e. The van der Waals surface area contributed by atoms with Crippen molar-refractivity contribution >= 4 is 17.9 Å². The molecule has 1 aliphatic rings. The Labute approximate surface area is 240 Å². The first-order valence-electron chi connectivity index (χ1n) is 14.7. The molecule has 1 fully saturated rings. The average Bonchev–Trinajstić information content (AvgIpc) is 2.89. The zero-order chi connectivity index (χ0) is 29.3. The Hall–Kier alpha value is -3.35. The third-order valence-electron chi connectivity index (χ3n) is 7.26. The highest BCUT2D eigenvalue weighted by atomic mass is 16.6. The molecule has 1 saturated carbocycles. The minimum absolute atomic E-state index is 0.104. The minimum atomic E-state index is -0.904. The molecular weight excluding hydrogens is 502 g/mol. The normalized spacial score (nSPS) is 15.6. The highest BCUT2D eigenvalue weighted by molar-refractivity contribution is 5.92. The van der Waals surface area contributed by atoms with Gasteiger partial charge in [0, 0.05) is 19.0 Å². The number of hydrogen-bond acceptors (Lipinski definition) is 4. The summed E-state index contributed by atoms with van der Waals surface area (Å²) in [6, 6.07) is 14.0. The Balaban J connectivity index is 2.02. The van der Waals surface area contributed by atoms with Crippen LogP contribution in [0, 0.1) is 13.8 Å². The van der Waals surface area contributed by atoms with Crippen LogP contribution in [0.2, 0.25) is 0 Å². The standard InChI is InChI=1S/C33H47N3O4/c1-7-20-36(31(38)28(22-25-14-10-8-11-15-25)35-32(39)40-33(4,5)6)29(27-21-23(2)18-19-24(27)3)30(37)34-26-16-12-9-13-17-26/h8,10-11,14-15,18-19,21,26,28-29H,7,9,12-13,16-17,20,22H2,1-6H3,(H,34,37)(H,35,39). The summed E-state index contributed by atoms with van der Waals surface area (Å²) in [5, 5.41) is 6.10. The SMILES string of the molecule is CCCN(C(=O)C(Cc1ccccc1)NC(=O)OC(C)(C)C)C(C(=O)NC1CCCCC1)c1cc(C)ccc1C. The molecule has 40 heavy (non-hydrogen) atoms. The van der Waals surface area contributed by atoms with Gasteiger partial charge < -0.3 is 20.3 Å². The largest absolute Gasteiger partial charge is 0.444 e. The van der Waals surface area contributed by atoms with Gasteiger partial charge in [-0.25, -0.2) is 4.79 Å². The lowest BCUT2D eigenvalue weighted by molar-refractivity contribution is -0.143. The van der Waals surface area contributed by atoms with Gasteiger partial charge in [0.05, 0.1) is 0 Å². The van der Waals surface area contributed by atoms with E-state index in [1.807, 2.05) is 69.3 Å². The number of nitrogens with zero attached hydrogens (tertiary/aromatic N) is 1. The molecule has 1 aliphatic carbocycles. The van der Waals surface area contributed by atoms with Gasteiger partial charge in [0.25, 0.3) is 0 Å². The molecule has 0 radical (unpaired) electrons. The molecule has 218 valence electrons. The Morgan fingerprint density at radius 3 is 2.30 bits per heavy atom. The lowest BCUT2D eigenvalue weighted by Gasteiger charge is -2.36. The van der Waals surface area contributed by atoms with Crippen LogP contribution in [0.25, 0.3) is 0 Å². The van der Waals surface area contributed by atoms with Crippen LogP contribution in [0.1, 0.15) is 94.5 Å². The van der Waals surface area contributed by atoms with Crippen molar-refractivity contribution in [2.75, 3.05) is 6.54 Å². The average molecular weight is 550 g/mol. The van der Waals surface area contributed by atoms with Crippen LogP contribution >= 0.6 is 0 Å². The molecule has 2 atom stereocenters. The molecule has 7 heteroatoms. The van der Waals surface area contributed by atoms with E-state index in [-0.39, 0.29) is 24.3 Å². The fraction of sp³-hybridized carbons (Fsp3) is 0.545. The summed E-state index contributed by atoms with van der Waals surface area (Å²) in [7, 11) is 0. The van der Waals surface area contributed by atoms with E-state index in [0.29, 0.717) is 13.0 Å². The van der Waals surface area contributed by atoms with E-state index in [0.717, 1.165) is 47.9 Å². The van der Waals surface area contributed by atoms with Crippen molar-refractivity contribution in [1.82, 2.24) is 15.5 Å². The van der Waals surface area contributed by atoms with Gasteiger partial charge in [-0.1, -0.05) is 80.3 Å². The summed E-state index contributed by atoms with van der Waals surface area (Å²) < 4.78 is 5.52. The van der Waals surface area contributed by atoms with Crippen LogP contribution in [0.5, 0.6) is 0 Å². The first-order valence-corrected chi connectivity index (χ1v) is 14.7. The van der Waals surface area contributed by atoms with Gasteiger partial charge in [-0.15, -0.1) is 0 Å². The van der Waals surface area contributed by atoms with Crippen molar-refractivity contribution in [1.29, 1.82) is 0 Å². The van der Waals surface area contributed by atoms with E-state index < -0.39 is 23.8 Å². The van der Waals surface area contributed by atoms with E-state index in [1.165, 1.54) is 6.42 Å². The number of benzene rings is 2. The summed E-state index contributed by atoms with van der Waals surface area (Å²) >= 11 is 0. The Morgan fingerprint density at radius 1 is 1.00 bits per heavy atom. The van der Waals surface area contributed by atoms with Crippen molar-refractivity contribution in [3.8, 4) is 0 Å². The van der Waals surface area contributed by atoms with Crippen molar-refractivity contribution in [3.63, 3.8) is 0 Å². The van der Waals surface area contributed by atoms with Crippen LogP contribution < -0.4 is 10.6 Å². The highest BCUT2D eigenvalue weighted by Crippen LogP contribution is 2.28. The maximum atomic E-state index is 14.4. The fourth-order valence-electron chi connectivity index (χ4n) is 5.34. The zero-order valence-corrected chi connectivity index (χ0v) is 25.1. The second kappa shape index (κ2) is 14.3. The number of nitrogens with one attached hydrogen (secondary N) is 2. The van der Waals surface area contributed by atoms with Crippen molar-refractivity contribution in [2.24, 2.45) is 0 Å². The van der Waals surface area contributed by atoms with Crippen LogP contribution in [0.15, 0.2) is 48.5 Å². The van der Waals surface area contributed by atoms with Gasteiger partial charge in [0.2, 0.25) is 11.8 Å². The maximum absolute atomic E-state index is 14.4. The number of aryl methyl sites for hydroxylation is 2. The third-order valence-corrected chi connectivity index (χ3v) is 7.26. The first-order chi connectivity index (χ1) is 19.0. The summed E-state index contributed by atoms with van der Waals surface area (Å²) in [5.41, 5.74) is 2.97. The van der Waals surface area contributed by atoms with Gasteiger partial charge in [-0.05, 0) is 70.6 Å².